The van der Waals surface area contributed by atoms with E-state index in [0.29, 0.717) is 6.54 Å². The Morgan fingerprint density at radius 1 is 1.20 bits per heavy atom. The standard InChI is InChI=1S/C15H23N5/c1-10(2)20-15(17-18-19-20)9-16-13(5)14-8-6-7-11(3)12(14)4/h6-8,10,13,16H,9H2,1-5H3/t13-/m1/s1. The van der Waals surface area contributed by atoms with E-state index in [2.05, 4.69) is 73.7 Å². The third kappa shape index (κ3) is 3.04. The Morgan fingerprint density at radius 3 is 2.65 bits per heavy atom. The number of aromatic nitrogens is 4. The smallest absolute Gasteiger partial charge is 0.165 e. The van der Waals surface area contributed by atoms with E-state index in [1.165, 1.54) is 16.7 Å². The van der Waals surface area contributed by atoms with E-state index in [1.54, 1.807) is 0 Å². The number of nitrogens with zero attached hydrogens (tertiary/aromatic N) is 4. The molecule has 1 aromatic carbocycles. The summed E-state index contributed by atoms with van der Waals surface area (Å²) in [4.78, 5) is 0. The molecule has 0 radical (unpaired) electrons. The number of aryl methyl sites for hydroxylation is 1. The van der Waals surface area contributed by atoms with Crippen molar-refractivity contribution in [3.05, 3.63) is 40.7 Å². The van der Waals surface area contributed by atoms with Crippen molar-refractivity contribution in [2.45, 2.75) is 53.2 Å². The number of nitrogens with one attached hydrogen (secondary N) is 1. The lowest BCUT2D eigenvalue weighted by Gasteiger charge is -2.18. The van der Waals surface area contributed by atoms with Crippen molar-refractivity contribution >= 4 is 0 Å². The minimum Gasteiger partial charge on any atom is -0.303 e. The first-order valence-electron chi connectivity index (χ1n) is 7.07. The average molecular weight is 273 g/mol. The van der Waals surface area contributed by atoms with Gasteiger partial charge in [-0.25, -0.2) is 4.68 Å². The second-order valence-electron chi connectivity index (χ2n) is 5.53. The fourth-order valence-corrected chi connectivity index (χ4v) is 2.33. The summed E-state index contributed by atoms with van der Waals surface area (Å²) < 4.78 is 1.85. The number of benzene rings is 1. The molecular weight excluding hydrogens is 250 g/mol. The predicted octanol–water partition coefficient (Wildman–Crippen LogP) is 2.72. The van der Waals surface area contributed by atoms with E-state index in [9.17, 15) is 0 Å². The van der Waals surface area contributed by atoms with Gasteiger partial charge in [-0.05, 0) is 61.7 Å². The van der Waals surface area contributed by atoms with Gasteiger partial charge in [-0.2, -0.15) is 0 Å². The van der Waals surface area contributed by atoms with Gasteiger partial charge in [0.15, 0.2) is 5.82 Å². The van der Waals surface area contributed by atoms with Gasteiger partial charge in [0.05, 0.1) is 12.6 Å². The van der Waals surface area contributed by atoms with Gasteiger partial charge in [-0.1, -0.05) is 18.2 Å². The van der Waals surface area contributed by atoms with Gasteiger partial charge in [-0.15, -0.1) is 5.10 Å². The van der Waals surface area contributed by atoms with Gasteiger partial charge in [0.25, 0.3) is 0 Å². The van der Waals surface area contributed by atoms with Crippen LogP contribution in [0.3, 0.4) is 0 Å². The fraction of sp³-hybridized carbons (Fsp3) is 0.533. The van der Waals surface area contributed by atoms with E-state index in [-0.39, 0.29) is 12.1 Å². The van der Waals surface area contributed by atoms with Crippen molar-refractivity contribution in [3.8, 4) is 0 Å². The molecule has 0 amide bonds. The molecule has 1 heterocycles. The summed E-state index contributed by atoms with van der Waals surface area (Å²) in [6, 6.07) is 6.97. The first kappa shape index (κ1) is 14.7. The molecule has 20 heavy (non-hydrogen) atoms. The van der Waals surface area contributed by atoms with Crippen LogP contribution in [-0.4, -0.2) is 20.2 Å². The lowest BCUT2D eigenvalue weighted by atomic mass is 9.98. The summed E-state index contributed by atoms with van der Waals surface area (Å²) in [5.74, 6) is 0.872. The van der Waals surface area contributed by atoms with Crippen LogP contribution in [0.15, 0.2) is 18.2 Å². The monoisotopic (exact) mass is 273 g/mol. The molecule has 2 rings (SSSR count). The van der Waals surface area contributed by atoms with E-state index < -0.39 is 0 Å². The maximum absolute atomic E-state index is 4.08. The van der Waals surface area contributed by atoms with Crippen LogP contribution < -0.4 is 5.32 Å². The molecule has 5 nitrogen and oxygen atoms in total. The summed E-state index contributed by atoms with van der Waals surface area (Å²) in [5.41, 5.74) is 3.99. The topological polar surface area (TPSA) is 55.6 Å². The lowest BCUT2D eigenvalue weighted by Crippen LogP contribution is -2.22. The van der Waals surface area contributed by atoms with Crippen LogP contribution in [0.25, 0.3) is 0 Å². The molecule has 0 fully saturated rings. The zero-order valence-electron chi connectivity index (χ0n) is 12.9. The van der Waals surface area contributed by atoms with Crippen LogP contribution in [0.2, 0.25) is 0 Å². The molecule has 0 saturated carbocycles. The summed E-state index contributed by atoms with van der Waals surface area (Å²) in [5, 5.41) is 15.3. The van der Waals surface area contributed by atoms with Gasteiger partial charge in [0, 0.05) is 6.04 Å². The Bertz CT molecular complexity index is 573. The molecule has 0 saturated heterocycles. The van der Waals surface area contributed by atoms with Gasteiger partial charge in [0.2, 0.25) is 0 Å². The summed E-state index contributed by atoms with van der Waals surface area (Å²) in [6.07, 6.45) is 0. The molecule has 0 aliphatic rings. The molecule has 0 spiro atoms. The van der Waals surface area contributed by atoms with Crippen molar-refractivity contribution in [1.82, 2.24) is 25.5 Å². The van der Waals surface area contributed by atoms with E-state index in [0.717, 1.165) is 5.82 Å². The molecule has 1 atom stereocenters. The van der Waals surface area contributed by atoms with Crippen molar-refractivity contribution in [2.75, 3.05) is 0 Å². The maximum atomic E-state index is 4.08. The van der Waals surface area contributed by atoms with Crippen LogP contribution in [-0.2, 0) is 6.54 Å². The lowest BCUT2D eigenvalue weighted by molar-refractivity contribution is 0.467. The molecule has 0 bridgehead atoms. The largest absolute Gasteiger partial charge is 0.303 e. The van der Waals surface area contributed by atoms with E-state index in [4.69, 9.17) is 0 Å². The van der Waals surface area contributed by atoms with Gasteiger partial charge in [-0.3, -0.25) is 0 Å². The minimum absolute atomic E-state index is 0.271. The third-order valence-electron chi connectivity index (χ3n) is 3.73. The zero-order valence-corrected chi connectivity index (χ0v) is 12.9. The molecular formula is C15H23N5. The Balaban J connectivity index is 2.07. The predicted molar refractivity (Wildman–Crippen MR) is 79.4 cm³/mol. The third-order valence-corrected chi connectivity index (χ3v) is 3.73. The van der Waals surface area contributed by atoms with Crippen molar-refractivity contribution < 1.29 is 0 Å². The van der Waals surface area contributed by atoms with Crippen LogP contribution >= 0.6 is 0 Å². The molecule has 5 heteroatoms. The fourth-order valence-electron chi connectivity index (χ4n) is 2.33. The first-order chi connectivity index (χ1) is 9.50. The second kappa shape index (κ2) is 6.13. The second-order valence-corrected chi connectivity index (χ2v) is 5.53. The summed E-state index contributed by atoms with van der Waals surface area (Å²) >= 11 is 0. The molecule has 0 unspecified atom stereocenters. The van der Waals surface area contributed by atoms with Crippen molar-refractivity contribution in [3.63, 3.8) is 0 Å². The van der Waals surface area contributed by atoms with Crippen LogP contribution in [0.5, 0.6) is 0 Å². The molecule has 1 N–H and O–H groups in total. The normalized spacial score (nSPS) is 12.9. The van der Waals surface area contributed by atoms with Gasteiger partial charge < -0.3 is 5.32 Å². The van der Waals surface area contributed by atoms with Crippen LogP contribution in [0.4, 0.5) is 0 Å². The minimum atomic E-state index is 0.271. The van der Waals surface area contributed by atoms with Crippen molar-refractivity contribution in [2.24, 2.45) is 0 Å². The first-order valence-corrected chi connectivity index (χ1v) is 7.07. The maximum Gasteiger partial charge on any atom is 0.165 e. The Hall–Kier alpha value is -1.75. The number of tetrazole rings is 1. The molecule has 108 valence electrons. The highest BCUT2D eigenvalue weighted by Crippen LogP contribution is 2.20. The van der Waals surface area contributed by atoms with Crippen molar-refractivity contribution in [1.29, 1.82) is 0 Å². The number of hydrogen-bond donors (Lipinski definition) is 1. The van der Waals surface area contributed by atoms with Crippen LogP contribution in [0, 0.1) is 13.8 Å². The average Bonchev–Trinajstić information content (AvgIpc) is 2.87. The SMILES string of the molecule is Cc1cccc([C@@H](C)NCc2nnnn2C(C)C)c1C. The number of hydrogen-bond acceptors (Lipinski definition) is 4. The highest BCUT2D eigenvalue weighted by atomic mass is 15.5. The van der Waals surface area contributed by atoms with E-state index in [1.807, 2.05) is 4.68 Å². The Labute approximate surface area is 120 Å². The zero-order chi connectivity index (χ0) is 14.7. The highest BCUT2D eigenvalue weighted by molar-refractivity contribution is 5.35. The molecule has 1 aromatic heterocycles. The number of rotatable bonds is 5. The Kier molecular flexibility index (Phi) is 4.49. The van der Waals surface area contributed by atoms with Gasteiger partial charge in [0.1, 0.15) is 0 Å². The molecule has 0 aliphatic heterocycles. The van der Waals surface area contributed by atoms with Crippen LogP contribution in [0.1, 0.15) is 55.4 Å². The summed E-state index contributed by atoms with van der Waals surface area (Å²) in [7, 11) is 0. The quantitative estimate of drug-likeness (QED) is 0.910. The van der Waals surface area contributed by atoms with E-state index >= 15 is 0 Å². The Morgan fingerprint density at radius 2 is 1.95 bits per heavy atom. The highest BCUT2D eigenvalue weighted by Gasteiger charge is 2.13. The molecule has 0 aliphatic carbocycles. The molecule has 2 aromatic rings. The summed E-state index contributed by atoms with van der Waals surface area (Å²) in [6.45, 7) is 11.3. The van der Waals surface area contributed by atoms with Gasteiger partial charge >= 0.3 is 0 Å².